The molecule has 0 saturated heterocycles. The molecule has 0 fully saturated rings. The molecule has 2 aromatic rings. The standard InChI is InChI=1S/C14H14BrF3N2O/c1-20-10(6-7-19-20)3-5-13(21)11-4-2-9(15)8-12(11)14(16,17)18/h2,4,6-8,13,21H,3,5H2,1H3. The highest BCUT2D eigenvalue weighted by atomic mass is 79.9. The Labute approximate surface area is 128 Å². The topological polar surface area (TPSA) is 38.0 Å². The third-order valence-corrected chi connectivity index (χ3v) is 3.77. The van der Waals surface area contributed by atoms with Crippen molar-refractivity contribution >= 4 is 15.9 Å². The molecule has 0 spiro atoms. The van der Waals surface area contributed by atoms with Gasteiger partial charge < -0.3 is 5.11 Å². The van der Waals surface area contributed by atoms with Gasteiger partial charge in [-0.3, -0.25) is 4.68 Å². The fourth-order valence-electron chi connectivity index (χ4n) is 2.15. The minimum Gasteiger partial charge on any atom is -0.388 e. The van der Waals surface area contributed by atoms with Crippen LogP contribution in [0.25, 0.3) is 0 Å². The number of aliphatic hydroxyl groups is 1. The van der Waals surface area contributed by atoms with Crippen LogP contribution in [0.15, 0.2) is 34.9 Å². The largest absolute Gasteiger partial charge is 0.416 e. The van der Waals surface area contributed by atoms with Crippen LogP contribution in [0.1, 0.15) is 29.3 Å². The Balaban J connectivity index is 2.19. The fourth-order valence-corrected chi connectivity index (χ4v) is 2.51. The average molecular weight is 363 g/mol. The molecule has 0 saturated carbocycles. The average Bonchev–Trinajstić information content (AvgIpc) is 2.80. The number of nitrogens with zero attached hydrogens (tertiary/aromatic N) is 2. The van der Waals surface area contributed by atoms with E-state index in [9.17, 15) is 18.3 Å². The van der Waals surface area contributed by atoms with Gasteiger partial charge in [-0.25, -0.2) is 0 Å². The summed E-state index contributed by atoms with van der Waals surface area (Å²) in [7, 11) is 1.75. The van der Waals surface area contributed by atoms with E-state index in [1.54, 1.807) is 24.0 Å². The van der Waals surface area contributed by atoms with Crippen molar-refractivity contribution in [1.29, 1.82) is 0 Å². The van der Waals surface area contributed by atoms with Crippen molar-refractivity contribution in [3.8, 4) is 0 Å². The maximum absolute atomic E-state index is 13.0. The van der Waals surface area contributed by atoms with E-state index < -0.39 is 17.8 Å². The van der Waals surface area contributed by atoms with Gasteiger partial charge in [-0.1, -0.05) is 22.0 Å². The molecule has 1 heterocycles. The molecule has 0 aliphatic carbocycles. The first-order chi connectivity index (χ1) is 9.79. The zero-order valence-electron chi connectivity index (χ0n) is 11.2. The van der Waals surface area contributed by atoms with Crippen molar-refractivity contribution < 1.29 is 18.3 Å². The number of rotatable bonds is 4. The lowest BCUT2D eigenvalue weighted by molar-refractivity contribution is -0.139. The maximum Gasteiger partial charge on any atom is 0.416 e. The van der Waals surface area contributed by atoms with Gasteiger partial charge in [0.25, 0.3) is 0 Å². The predicted octanol–water partition coefficient (Wildman–Crippen LogP) is 3.87. The van der Waals surface area contributed by atoms with Crippen LogP contribution < -0.4 is 0 Å². The first-order valence-electron chi connectivity index (χ1n) is 6.30. The van der Waals surface area contributed by atoms with Crippen LogP contribution in [0, 0.1) is 0 Å². The normalized spacial score (nSPS) is 13.4. The van der Waals surface area contributed by atoms with E-state index >= 15 is 0 Å². The molecule has 2 rings (SSSR count). The van der Waals surface area contributed by atoms with E-state index in [2.05, 4.69) is 21.0 Å². The summed E-state index contributed by atoms with van der Waals surface area (Å²) in [6, 6.07) is 5.57. The molecule has 0 aliphatic heterocycles. The molecule has 114 valence electrons. The third kappa shape index (κ3) is 3.85. The van der Waals surface area contributed by atoms with Gasteiger partial charge in [0.05, 0.1) is 11.7 Å². The summed E-state index contributed by atoms with van der Waals surface area (Å²) in [5.41, 5.74) is -0.0537. The van der Waals surface area contributed by atoms with Gasteiger partial charge in [-0.2, -0.15) is 18.3 Å². The molecule has 7 heteroatoms. The zero-order chi connectivity index (χ0) is 15.6. The first kappa shape index (κ1) is 16.0. The highest BCUT2D eigenvalue weighted by Gasteiger charge is 2.35. The quantitative estimate of drug-likeness (QED) is 0.896. The lowest BCUT2D eigenvalue weighted by Crippen LogP contribution is -2.13. The number of hydrogen-bond donors (Lipinski definition) is 1. The van der Waals surface area contributed by atoms with Gasteiger partial charge in [0.15, 0.2) is 0 Å². The number of aryl methyl sites for hydroxylation is 2. The number of hydrogen-bond acceptors (Lipinski definition) is 2. The van der Waals surface area contributed by atoms with E-state index in [0.717, 1.165) is 11.8 Å². The van der Waals surface area contributed by atoms with Crippen LogP contribution in [0.3, 0.4) is 0 Å². The van der Waals surface area contributed by atoms with Crippen LogP contribution in [0.4, 0.5) is 13.2 Å². The van der Waals surface area contributed by atoms with Crippen LogP contribution in [0.5, 0.6) is 0 Å². The molecule has 0 amide bonds. The highest BCUT2D eigenvalue weighted by molar-refractivity contribution is 9.10. The van der Waals surface area contributed by atoms with E-state index in [0.29, 0.717) is 10.9 Å². The first-order valence-corrected chi connectivity index (χ1v) is 7.10. The van der Waals surface area contributed by atoms with Crippen LogP contribution in [0.2, 0.25) is 0 Å². The number of halogens is 4. The second-order valence-electron chi connectivity index (χ2n) is 4.73. The van der Waals surface area contributed by atoms with Gasteiger partial charge in [0.2, 0.25) is 0 Å². The molecule has 1 N–H and O–H groups in total. The second kappa shape index (κ2) is 6.19. The Kier molecular flexibility index (Phi) is 4.73. The maximum atomic E-state index is 13.0. The minimum atomic E-state index is -4.49. The molecule has 3 nitrogen and oxygen atoms in total. The SMILES string of the molecule is Cn1nccc1CCC(O)c1ccc(Br)cc1C(F)(F)F. The number of alkyl halides is 3. The molecule has 0 aliphatic rings. The van der Waals surface area contributed by atoms with Gasteiger partial charge in [-0.15, -0.1) is 0 Å². The molecule has 0 radical (unpaired) electrons. The number of aromatic nitrogens is 2. The molecular weight excluding hydrogens is 349 g/mol. The van der Waals surface area contributed by atoms with E-state index in [4.69, 9.17) is 0 Å². The van der Waals surface area contributed by atoms with E-state index in [1.807, 2.05) is 0 Å². The van der Waals surface area contributed by atoms with Crippen LogP contribution >= 0.6 is 15.9 Å². The van der Waals surface area contributed by atoms with Gasteiger partial charge in [-0.05, 0) is 36.6 Å². The van der Waals surface area contributed by atoms with Gasteiger partial charge in [0, 0.05) is 23.4 Å². The summed E-state index contributed by atoms with van der Waals surface area (Å²) in [4.78, 5) is 0. The molecule has 0 bridgehead atoms. The molecule has 1 aromatic carbocycles. The fraction of sp³-hybridized carbons (Fsp3) is 0.357. The van der Waals surface area contributed by atoms with Crippen molar-refractivity contribution in [3.05, 3.63) is 51.8 Å². The third-order valence-electron chi connectivity index (χ3n) is 3.28. The van der Waals surface area contributed by atoms with Crippen LogP contribution in [-0.4, -0.2) is 14.9 Å². The summed E-state index contributed by atoms with van der Waals surface area (Å²) < 4.78 is 41.0. The molecule has 21 heavy (non-hydrogen) atoms. The molecule has 1 atom stereocenters. The Morgan fingerprint density at radius 3 is 2.62 bits per heavy atom. The zero-order valence-corrected chi connectivity index (χ0v) is 12.8. The Hall–Kier alpha value is -1.34. The van der Waals surface area contributed by atoms with Crippen molar-refractivity contribution in [1.82, 2.24) is 9.78 Å². The molecule has 1 unspecified atom stereocenters. The Bertz CT molecular complexity index is 625. The van der Waals surface area contributed by atoms with E-state index in [1.165, 1.54) is 12.1 Å². The van der Waals surface area contributed by atoms with Crippen molar-refractivity contribution in [2.45, 2.75) is 25.1 Å². The van der Waals surface area contributed by atoms with Gasteiger partial charge in [0.1, 0.15) is 0 Å². The lowest BCUT2D eigenvalue weighted by atomic mass is 9.98. The Morgan fingerprint density at radius 2 is 2.05 bits per heavy atom. The lowest BCUT2D eigenvalue weighted by Gasteiger charge is -2.18. The highest BCUT2D eigenvalue weighted by Crippen LogP contribution is 2.37. The number of aliphatic hydroxyl groups excluding tert-OH is 1. The van der Waals surface area contributed by atoms with E-state index in [-0.39, 0.29) is 12.0 Å². The van der Waals surface area contributed by atoms with Crippen molar-refractivity contribution in [2.24, 2.45) is 7.05 Å². The van der Waals surface area contributed by atoms with Crippen molar-refractivity contribution in [3.63, 3.8) is 0 Å². The number of benzene rings is 1. The van der Waals surface area contributed by atoms with Crippen molar-refractivity contribution in [2.75, 3.05) is 0 Å². The summed E-state index contributed by atoms with van der Waals surface area (Å²) in [5.74, 6) is 0. The smallest absolute Gasteiger partial charge is 0.388 e. The minimum absolute atomic E-state index is 0.104. The van der Waals surface area contributed by atoms with Crippen LogP contribution in [-0.2, 0) is 19.6 Å². The Morgan fingerprint density at radius 1 is 1.33 bits per heavy atom. The molecule has 1 aromatic heterocycles. The summed E-state index contributed by atoms with van der Waals surface area (Å²) >= 11 is 3.02. The summed E-state index contributed by atoms with van der Waals surface area (Å²) in [5, 5.41) is 14.1. The molecular formula is C14H14BrF3N2O. The monoisotopic (exact) mass is 362 g/mol. The van der Waals surface area contributed by atoms with Gasteiger partial charge >= 0.3 is 6.18 Å². The summed E-state index contributed by atoms with van der Waals surface area (Å²) in [6.07, 6.45) is -3.41. The predicted molar refractivity (Wildman–Crippen MR) is 75.6 cm³/mol. The summed E-state index contributed by atoms with van der Waals surface area (Å²) in [6.45, 7) is 0. The second-order valence-corrected chi connectivity index (χ2v) is 5.65.